The van der Waals surface area contributed by atoms with E-state index < -0.39 is 10.0 Å². The van der Waals surface area contributed by atoms with Gasteiger partial charge >= 0.3 is 0 Å². The van der Waals surface area contributed by atoms with Crippen molar-refractivity contribution >= 4 is 26.5 Å². The molecule has 0 bridgehead atoms. The third-order valence-corrected chi connectivity index (χ3v) is 4.15. The Labute approximate surface area is 106 Å². The van der Waals surface area contributed by atoms with Crippen molar-refractivity contribution in [2.75, 3.05) is 24.1 Å². The fraction of sp³-hybridized carbons (Fsp3) is 0.778. The van der Waals surface area contributed by atoms with Gasteiger partial charge in [0.15, 0.2) is 0 Å². The van der Waals surface area contributed by atoms with E-state index in [1.807, 2.05) is 0 Å². The molecule has 6 nitrogen and oxygen atoms in total. The highest BCUT2D eigenvalue weighted by molar-refractivity contribution is 7.92. The van der Waals surface area contributed by atoms with Gasteiger partial charge in [0.05, 0.1) is 5.75 Å². The molecule has 0 aromatic carbocycles. The van der Waals surface area contributed by atoms with Crippen molar-refractivity contribution in [3.05, 3.63) is 5.01 Å². The molecule has 0 saturated heterocycles. The molecule has 0 unspecified atom stereocenters. The van der Waals surface area contributed by atoms with Crippen molar-refractivity contribution in [3.63, 3.8) is 0 Å². The molecule has 1 heterocycles. The SMILES string of the molecule is CNCCS(=O)(=O)Nc1nnc(CC(C)C)s1. The highest BCUT2D eigenvalue weighted by Gasteiger charge is 2.13. The van der Waals surface area contributed by atoms with E-state index in [2.05, 4.69) is 34.1 Å². The van der Waals surface area contributed by atoms with Crippen molar-refractivity contribution in [1.82, 2.24) is 15.5 Å². The standard InChI is InChI=1S/C9H18N4O2S2/c1-7(2)6-8-11-12-9(16-8)13-17(14,15)5-4-10-3/h7,10H,4-6H2,1-3H3,(H,12,13). The Hall–Kier alpha value is -0.730. The van der Waals surface area contributed by atoms with Gasteiger partial charge in [0.25, 0.3) is 0 Å². The van der Waals surface area contributed by atoms with E-state index >= 15 is 0 Å². The number of nitrogens with one attached hydrogen (secondary N) is 2. The lowest BCUT2D eigenvalue weighted by Gasteiger charge is -2.03. The molecule has 0 radical (unpaired) electrons. The molecule has 0 aliphatic heterocycles. The van der Waals surface area contributed by atoms with Crippen molar-refractivity contribution in [2.45, 2.75) is 20.3 Å². The van der Waals surface area contributed by atoms with E-state index in [0.717, 1.165) is 11.4 Å². The van der Waals surface area contributed by atoms with Crippen molar-refractivity contribution in [1.29, 1.82) is 0 Å². The molecule has 98 valence electrons. The third-order valence-electron chi connectivity index (χ3n) is 1.91. The first kappa shape index (κ1) is 14.3. The Kier molecular flexibility index (Phi) is 5.29. The van der Waals surface area contributed by atoms with Gasteiger partial charge in [-0.3, -0.25) is 4.72 Å². The first-order chi connectivity index (χ1) is 7.93. The summed E-state index contributed by atoms with van der Waals surface area (Å²) in [6.45, 7) is 4.57. The molecule has 0 fully saturated rings. The fourth-order valence-corrected chi connectivity index (χ4v) is 3.38. The topological polar surface area (TPSA) is 84.0 Å². The molecule has 1 aromatic heterocycles. The normalized spacial score (nSPS) is 12.0. The second-order valence-electron chi connectivity index (χ2n) is 4.12. The minimum atomic E-state index is -3.32. The Morgan fingerprint density at radius 2 is 2.06 bits per heavy atom. The van der Waals surface area contributed by atoms with E-state index in [1.54, 1.807) is 7.05 Å². The minimum absolute atomic E-state index is 0.0304. The van der Waals surface area contributed by atoms with Crippen LogP contribution in [0.4, 0.5) is 5.13 Å². The number of anilines is 1. The zero-order valence-electron chi connectivity index (χ0n) is 10.2. The molecule has 0 amide bonds. The van der Waals surface area contributed by atoms with Crippen LogP contribution in [-0.2, 0) is 16.4 Å². The summed E-state index contributed by atoms with van der Waals surface area (Å²) in [6, 6.07) is 0. The first-order valence-corrected chi connectivity index (χ1v) is 7.87. The Bertz CT molecular complexity index is 442. The molecular formula is C9H18N4O2S2. The molecule has 0 spiro atoms. The predicted octanol–water partition coefficient (Wildman–Crippen LogP) is 0.698. The second-order valence-corrected chi connectivity index (χ2v) is 7.03. The molecule has 2 N–H and O–H groups in total. The maximum Gasteiger partial charge on any atom is 0.235 e. The maximum absolute atomic E-state index is 11.6. The van der Waals surface area contributed by atoms with Crippen LogP contribution in [0.2, 0.25) is 0 Å². The lowest BCUT2D eigenvalue weighted by molar-refractivity contribution is 0.598. The Morgan fingerprint density at radius 3 is 2.65 bits per heavy atom. The smallest absolute Gasteiger partial charge is 0.235 e. The number of hydrogen-bond donors (Lipinski definition) is 2. The molecule has 1 rings (SSSR count). The molecular weight excluding hydrogens is 260 g/mol. The molecule has 8 heteroatoms. The van der Waals surface area contributed by atoms with Gasteiger partial charge in [-0.25, -0.2) is 8.42 Å². The van der Waals surface area contributed by atoms with Crippen LogP contribution in [0.25, 0.3) is 0 Å². The van der Waals surface area contributed by atoms with E-state index in [9.17, 15) is 8.42 Å². The molecule has 0 aliphatic carbocycles. The number of sulfonamides is 1. The van der Waals surface area contributed by atoms with Gasteiger partial charge in [-0.2, -0.15) is 0 Å². The summed E-state index contributed by atoms with van der Waals surface area (Å²) in [7, 11) is -1.61. The largest absolute Gasteiger partial charge is 0.319 e. The monoisotopic (exact) mass is 278 g/mol. The number of nitrogens with zero attached hydrogens (tertiary/aromatic N) is 2. The van der Waals surface area contributed by atoms with Crippen LogP contribution >= 0.6 is 11.3 Å². The van der Waals surface area contributed by atoms with Gasteiger partial charge in [-0.1, -0.05) is 25.2 Å². The van der Waals surface area contributed by atoms with Gasteiger partial charge in [0.1, 0.15) is 5.01 Å². The fourth-order valence-electron chi connectivity index (χ4n) is 1.15. The van der Waals surface area contributed by atoms with Crippen molar-refractivity contribution in [2.24, 2.45) is 5.92 Å². The average Bonchev–Trinajstić information content (AvgIpc) is 2.60. The number of rotatable bonds is 7. The van der Waals surface area contributed by atoms with Gasteiger partial charge in [-0.15, -0.1) is 10.2 Å². The summed E-state index contributed by atoms with van der Waals surface area (Å²) in [5, 5.41) is 11.8. The van der Waals surface area contributed by atoms with Crippen LogP contribution < -0.4 is 10.0 Å². The quantitative estimate of drug-likeness (QED) is 0.767. The predicted molar refractivity (Wildman–Crippen MR) is 69.8 cm³/mol. The molecule has 1 aromatic rings. The summed E-state index contributed by atoms with van der Waals surface area (Å²) in [6.07, 6.45) is 0.815. The Balaban J connectivity index is 2.59. The average molecular weight is 278 g/mol. The zero-order chi connectivity index (χ0) is 12.9. The lowest BCUT2D eigenvalue weighted by atomic mass is 10.1. The van der Waals surface area contributed by atoms with Crippen LogP contribution in [0.15, 0.2) is 0 Å². The lowest BCUT2D eigenvalue weighted by Crippen LogP contribution is -2.24. The summed E-state index contributed by atoms with van der Waals surface area (Å²) < 4.78 is 25.6. The summed E-state index contributed by atoms with van der Waals surface area (Å²) in [5.74, 6) is 0.513. The van der Waals surface area contributed by atoms with Gasteiger partial charge in [-0.05, 0) is 13.0 Å². The third kappa shape index (κ3) is 5.42. The number of hydrogen-bond acceptors (Lipinski definition) is 6. The highest BCUT2D eigenvalue weighted by atomic mass is 32.2. The summed E-state index contributed by atoms with van der Waals surface area (Å²) in [4.78, 5) is 0. The van der Waals surface area contributed by atoms with Crippen molar-refractivity contribution < 1.29 is 8.42 Å². The maximum atomic E-state index is 11.6. The van der Waals surface area contributed by atoms with Gasteiger partial charge < -0.3 is 5.32 Å². The summed E-state index contributed by atoms with van der Waals surface area (Å²) >= 11 is 1.29. The zero-order valence-corrected chi connectivity index (χ0v) is 11.9. The van der Waals surface area contributed by atoms with Crippen LogP contribution in [0.5, 0.6) is 0 Å². The minimum Gasteiger partial charge on any atom is -0.319 e. The van der Waals surface area contributed by atoms with E-state index in [4.69, 9.17) is 0 Å². The molecule has 0 aliphatic rings. The highest BCUT2D eigenvalue weighted by Crippen LogP contribution is 2.19. The summed E-state index contributed by atoms with van der Waals surface area (Å²) in [5.41, 5.74) is 0. The van der Waals surface area contributed by atoms with Crippen LogP contribution in [0, 0.1) is 5.92 Å². The van der Waals surface area contributed by atoms with E-state index in [1.165, 1.54) is 11.3 Å². The molecule has 0 saturated carbocycles. The molecule has 0 atom stereocenters. The molecule has 17 heavy (non-hydrogen) atoms. The second kappa shape index (κ2) is 6.27. The first-order valence-electron chi connectivity index (χ1n) is 5.40. The van der Waals surface area contributed by atoms with Crippen LogP contribution in [-0.4, -0.2) is 38.0 Å². The van der Waals surface area contributed by atoms with Crippen molar-refractivity contribution in [3.8, 4) is 0 Å². The number of aromatic nitrogens is 2. The van der Waals surface area contributed by atoms with Crippen LogP contribution in [0.3, 0.4) is 0 Å². The van der Waals surface area contributed by atoms with E-state index in [0.29, 0.717) is 17.6 Å². The Morgan fingerprint density at radius 1 is 1.35 bits per heavy atom. The van der Waals surface area contributed by atoms with Gasteiger partial charge in [0, 0.05) is 13.0 Å². The van der Waals surface area contributed by atoms with E-state index in [-0.39, 0.29) is 5.75 Å². The van der Waals surface area contributed by atoms with Gasteiger partial charge in [0.2, 0.25) is 15.2 Å². The van der Waals surface area contributed by atoms with Crippen LogP contribution in [0.1, 0.15) is 18.9 Å².